The summed E-state index contributed by atoms with van der Waals surface area (Å²) in [5.41, 5.74) is 2.22. The number of nitro groups is 1. The van der Waals surface area contributed by atoms with Crippen molar-refractivity contribution < 1.29 is 19.2 Å². The first-order chi connectivity index (χ1) is 15.4. The molecule has 0 fully saturated rings. The SMILES string of the molecule is CCC1Oc2ccc(-c3csc(C)n3)cc2N(CC(=O)Nc2cccc([N+](=O)[O-])c2)C1=O. The van der Waals surface area contributed by atoms with Gasteiger partial charge < -0.3 is 10.1 Å². The molecule has 2 heterocycles. The monoisotopic (exact) mass is 452 g/mol. The van der Waals surface area contributed by atoms with Crippen molar-refractivity contribution in [3.63, 3.8) is 0 Å². The lowest BCUT2D eigenvalue weighted by Gasteiger charge is -2.34. The lowest BCUT2D eigenvalue weighted by atomic mass is 10.1. The van der Waals surface area contributed by atoms with Gasteiger partial charge in [0.25, 0.3) is 11.6 Å². The molecule has 0 bridgehead atoms. The van der Waals surface area contributed by atoms with Crippen LogP contribution in [0.3, 0.4) is 0 Å². The molecule has 0 aliphatic carbocycles. The number of carbonyl (C=O) groups is 2. The highest BCUT2D eigenvalue weighted by molar-refractivity contribution is 7.09. The number of hydrogen-bond donors (Lipinski definition) is 1. The summed E-state index contributed by atoms with van der Waals surface area (Å²) >= 11 is 1.52. The lowest BCUT2D eigenvalue weighted by molar-refractivity contribution is -0.384. The summed E-state index contributed by atoms with van der Waals surface area (Å²) in [7, 11) is 0. The minimum Gasteiger partial charge on any atom is -0.478 e. The van der Waals surface area contributed by atoms with Gasteiger partial charge in [0.1, 0.15) is 12.3 Å². The van der Waals surface area contributed by atoms with E-state index < -0.39 is 16.9 Å². The van der Waals surface area contributed by atoms with E-state index in [4.69, 9.17) is 4.74 Å². The van der Waals surface area contributed by atoms with Crippen molar-refractivity contribution in [1.29, 1.82) is 0 Å². The maximum Gasteiger partial charge on any atom is 0.271 e. The smallest absolute Gasteiger partial charge is 0.271 e. The summed E-state index contributed by atoms with van der Waals surface area (Å²) in [5.74, 6) is -0.285. The van der Waals surface area contributed by atoms with E-state index in [-0.39, 0.29) is 23.8 Å². The molecule has 2 amide bonds. The number of carbonyl (C=O) groups excluding carboxylic acids is 2. The predicted molar refractivity (Wildman–Crippen MR) is 121 cm³/mol. The molecule has 1 aliphatic heterocycles. The molecule has 164 valence electrons. The topological polar surface area (TPSA) is 115 Å². The normalized spacial score (nSPS) is 15.1. The van der Waals surface area contributed by atoms with Gasteiger partial charge in [-0.1, -0.05) is 13.0 Å². The third-order valence-electron chi connectivity index (χ3n) is 4.99. The van der Waals surface area contributed by atoms with E-state index >= 15 is 0 Å². The average Bonchev–Trinajstić information content (AvgIpc) is 3.21. The first kappa shape index (κ1) is 21.4. The molecule has 0 radical (unpaired) electrons. The lowest BCUT2D eigenvalue weighted by Crippen LogP contribution is -2.48. The minimum atomic E-state index is -0.694. The molecule has 1 N–H and O–H groups in total. The number of non-ortho nitro benzene ring substituents is 1. The Morgan fingerprint density at radius 3 is 2.81 bits per heavy atom. The molecular weight excluding hydrogens is 432 g/mol. The highest BCUT2D eigenvalue weighted by Crippen LogP contribution is 2.38. The van der Waals surface area contributed by atoms with Gasteiger partial charge in [0.2, 0.25) is 5.91 Å². The van der Waals surface area contributed by atoms with Gasteiger partial charge in [0.05, 0.1) is 21.3 Å². The Hall–Kier alpha value is -3.79. The summed E-state index contributed by atoms with van der Waals surface area (Å²) in [6, 6.07) is 11.1. The van der Waals surface area contributed by atoms with Crippen LogP contribution in [-0.2, 0) is 9.59 Å². The number of benzene rings is 2. The molecule has 3 aromatic rings. The zero-order valence-corrected chi connectivity index (χ0v) is 18.2. The number of amides is 2. The van der Waals surface area contributed by atoms with E-state index in [0.29, 0.717) is 17.9 Å². The number of nitrogens with zero attached hydrogens (tertiary/aromatic N) is 3. The van der Waals surface area contributed by atoms with Crippen molar-refractivity contribution in [2.45, 2.75) is 26.4 Å². The molecule has 1 aliphatic rings. The van der Waals surface area contributed by atoms with Gasteiger partial charge in [0.15, 0.2) is 6.10 Å². The third kappa shape index (κ3) is 4.30. The highest BCUT2D eigenvalue weighted by atomic mass is 32.1. The Bertz CT molecular complexity index is 1210. The zero-order chi connectivity index (χ0) is 22.8. The number of nitrogens with one attached hydrogen (secondary N) is 1. The maximum absolute atomic E-state index is 13.0. The van der Waals surface area contributed by atoms with Crippen LogP contribution >= 0.6 is 11.3 Å². The van der Waals surface area contributed by atoms with Crippen molar-refractivity contribution in [3.05, 3.63) is 63.0 Å². The Morgan fingerprint density at radius 1 is 1.31 bits per heavy atom. The molecule has 0 saturated carbocycles. The van der Waals surface area contributed by atoms with E-state index in [9.17, 15) is 19.7 Å². The second kappa shape index (κ2) is 8.75. The van der Waals surface area contributed by atoms with Gasteiger partial charge >= 0.3 is 0 Å². The maximum atomic E-state index is 13.0. The van der Waals surface area contributed by atoms with E-state index in [2.05, 4.69) is 10.3 Å². The Labute approximate surface area is 187 Å². The number of ether oxygens (including phenoxy) is 1. The average molecular weight is 452 g/mol. The van der Waals surface area contributed by atoms with Crippen LogP contribution in [0.5, 0.6) is 5.75 Å². The Kier molecular flexibility index (Phi) is 5.87. The minimum absolute atomic E-state index is 0.134. The zero-order valence-electron chi connectivity index (χ0n) is 17.4. The molecule has 4 rings (SSSR count). The van der Waals surface area contributed by atoms with Gasteiger partial charge in [-0.3, -0.25) is 24.6 Å². The Morgan fingerprint density at radius 2 is 2.12 bits per heavy atom. The summed E-state index contributed by atoms with van der Waals surface area (Å²) < 4.78 is 5.85. The molecule has 1 unspecified atom stereocenters. The number of aromatic nitrogens is 1. The standard InChI is InChI=1S/C22H20N4O5S/c1-3-19-22(28)25(11-21(27)24-15-5-4-6-16(10-15)26(29)30)18-9-14(7-8-20(18)31-19)17-12-32-13(2)23-17/h4-10,12,19H,3,11H2,1-2H3,(H,24,27). The van der Waals surface area contributed by atoms with Crippen molar-refractivity contribution in [2.24, 2.45) is 0 Å². The van der Waals surface area contributed by atoms with Crippen LogP contribution in [0.2, 0.25) is 0 Å². The second-order valence-corrected chi connectivity index (χ2v) is 8.29. The molecular formula is C22H20N4O5S. The Balaban J connectivity index is 1.62. The van der Waals surface area contributed by atoms with Crippen LogP contribution in [0.4, 0.5) is 17.1 Å². The van der Waals surface area contributed by atoms with Crippen LogP contribution < -0.4 is 15.0 Å². The molecule has 0 spiro atoms. The summed E-state index contributed by atoms with van der Waals surface area (Å²) in [6.45, 7) is 3.49. The molecule has 1 aromatic heterocycles. The molecule has 32 heavy (non-hydrogen) atoms. The molecule has 2 aromatic carbocycles. The van der Waals surface area contributed by atoms with Crippen LogP contribution in [0.1, 0.15) is 18.4 Å². The quantitative estimate of drug-likeness (QED) is 0.443. The number of hydrogen-bond acceptors (Lipinski definition) is 7. The molecule has 9 nitrogen and oxygen atoms in total. The fourth-order valence-electron chi connectivity index (χ4n) is 3.44. The van der Waals surface area contributed by atoms with Gasteiger partial charge in [-0.25, -0.2) is 4.98 Å². The van der Waals surface area contributed by atoms with Crippen LogP contribution in [-0.4, -0.2) is 34.4 Å². The van der Waals surface area contributed by atoms with Crippen molar-refractivity contribution in [3.8, 4) is 17.0 Å². The van der Waals surface area contributed by atoms with Gasteiger partial charge in [-0.2, -0.15) is 0 Å². The van der Waals surface area contributed by atoms with Crippen LogP contribution in [0.15, 0.2) is 47.8 Å². The van der Waals surface area contributed by atoms with Crippen molar-refractivity contribution in [1.82, 2.24) is 4.98 Å². The van der Waals surface area contributed by atoms with Gasteiger partial charge in [-0.15, -0.1) is 11.3 Å². The second-order valence-electron chi connectivity index (χ2n) is 7.23. The first-order valence-corrected chi connectivity index (χ1v) is 10.8. The van der Waals surface area contributed by atoms with E-state index in [1.807, 2.05) is 25.3 Å². The number of thiazole rings is 1. The van der Waals surface area contributed by atoms with Crippen LogP contribution in [0.25, 0.3) is 11.3 Å². The molecule has 0 saturated heterocycles. The van der Waals surface area contributed by atoms with Crippen molar-refractivity contribution >= 4 is 40.2 Å². The predicted octanol–water partition coefficient (Wildman–Crippen LogP) is 4.17. The summed E-state index contributed by atoms with van der Waals surface area (Å²) in [6.07, 6.45) is -0.241. The molecule has 10 heteroatoms. The van der Waals surface area contributed by atoms with E-state index in [0.717, 1.165) is 16.3 Å². The number of nitro benzene ring substituents is 1. The fourth-order valence-corrected chi connectivity index (χ4v) is 4.06. The highest BCUT2D eigenvalue weighted by Gasteiger charge is 2.34. The number of aryl methyl sites for hydroxylation is 1. The largest absolute Gasteiger partial charge is 0.478 e. The van der Waals surface area contributed by atoms with E-state index in [1.54, 1.807) is 18.2 Å². The van der Waals surface area contributed by atoms with Gasteiger partial charge in [-0.05, 0) is 37.6 Å². The first-order valence-electron chi connectivity index (χ1n) is 9.94. The number of fused-ring (bicyclic) bond motifs is 1. The fraction of sp³-hybridized carbons (Fsp3) is 0.227. The summed E-state index contributed by atoms with van der Waals surface area (Å²) in [4.78, 5) is 42.1. The van der Waals surface area contributed by atoms with Gasteiger partial charge in [0, 0.05) is 28.8 Å². The molecule has 1 atom stereocenters. The van der Waals surface area contributed by atoms with Crippen molar-refractivity contribution in [2.75, 3.05) is 16.8 Å². The van der Waals surface area contributed by atoms with Crippen LogP contribution in [0, 0.1) is 17.0 Å². The summed E-state index contributed by atoms with van der Waals surface area (Å²) in [5, 5.41) is 16.5. The van der Waals surface area contributed by atoms with E-state index in [1.165, 1.54) is 34.4 Å². The third-order valence-corrected chi connectivity index (χ3v) is 5.76. The number of rotatable bonds is 6. The number of anilines is 2.